The number of carboxylic acid groups (broad SMARTS) is 1. The van der Waals surface area contributed by atoms with E-state index >= 15 is 0 Å². The van der Waals surface area contributed by atoms with Gasteiger partial charge in [0.05, 0.1) is 5.92 Å². The summed E-state index contributed by atoms with van der Waals surface area (Å²) in [5.74, 6) is -2.29. The largest absolute Gasteiger partial charge is 0.508 e. The Balaban J connectivity index is 2.82. The van der Waals surface area contributed by atoms with Gasteiger partial charge in [0, 0.05) is 19.4 Å². The monoisotopic (exact) mass is 350 g/mol. The molecule has 7 heteroatoms. The van der Waals surface area contributed by atoms with Gasteiger partial charge in [-0.05, 0) is 23.6 Å². The van der Waals surface area contributed by atoms with Crippen LogP contribution in [0.2, 0.25) is 0 Å². The van der Waals surface area contributed by atoms with Crippen LogP contribution in [-0.4, -0.2) is 40.1 Å². The van der Waals surface area contributed by atoms with E-state index in [9.17, 15) is 24.6 Å². The smallest absolute Gasteiger partial charge is 0.326 e. The molecule has 4 N–H and O–H groups in total. The van der Waals surface area contributed by atoms with Crippen molar-refractivity contribution in [1.29, 1.82) is 0 Å². The topological polar surface area (TPSA) is 116 Å². The van der Waals surface area contributed by atoms with Crippen LogP contribution >= 0.6 is 0 Å². The van der Waals surface area contributed by atoms with E-state index in [4.69, 9.17) is 0 Å². The molecular formula is C18H26N2O5. The maximum atomic E-state index is 12.5. The van der Waals surface area contributed by atoms with Crippen molar-refractivity contribution in [2.24, 2.45) is 11.8 Å². The minimum absolute atomic E-state index is 0.0185. The number of hydrogen-bond donors (Lipinski definition) is 4. The van der Waals surface area contributed by atoms with E-state index in [1.165, 1.54) is 19.1 Å². The standard InChI is InChI=1S/C18H26N2O5/c1-10(2)16(19-12(4)21)11(3)17(23)20-15(18(24)25)9-13-5-7-14(22)8-6-13/h5-8,10-11,15-16,22H,9H2,1-4H3,(H,19,21)(H,20,23)(H,24,25)/t11-,15-,16-/m0/s1. The lowest BCUT2D eigenvalue weighted by Crippen LogP contribution is -2.51. The molecule has 0 aliphatic carbocycles. The highest BCUT2D eigenvalue weighted by Gasteiger charge is 2.30. The molecular weight excluding hydrogens is 324 g/mol. The predicted molar refractivity (Wildman–Crippen MR) is 93.0 cm³/mol. The van der Waals surface area contributed by atoms with E-state index in [0.717, 1.165) is 0 Å². The van der Waals surface area contributed by atoms with Crippen molar-refractivity contribution in [3.05, 3.63) is 29.8 Å². The molecule has 0 fully saturated rings. The lowest BCUT2D eigenvalue weighted by Gasteiger charge is -2.28. The summed E-state index contributed by atoms with van der Waals surface area (Å²) in [7, 11) is 0. The van der Waals surface area contributed by atoms with Gasteiger partial charge in [0.15, 0.2) is 0 Å². The van der Waals surface area contributed by atoms with Crippen molar-refractivity contribution in [3.63, 3.8) is 0 Å². The van der Waals surface area contributed by atoms with Gasteiger partial charge in [0.1, 0.15) is 11.8 Å². The molecule has 0 spiro atoms. The van der Waals surface area contributed by atoms with E-state index in [1.54, 1.807) is 19.1 Å². The second kappa shape index (κ2) is 9.05. The molecule has 2 amide bonds. The lowest BCUT2D eigenvalue weighted by atomic mass is 9.90. The van der Waals surface area contributed by atoms with Crippen molar-refractivity contribution in [3.8, 4) is 5.75 Å². The molecule has 0 saturated heterocycles. The van der Waals surface area contributed by atoms with Gasteiger partial charge in [-0.1, -0.05) is 32.9 Å². The number of carbonyl (C=O) groups is 3. The average molecular weight is 350 g/mol. The van der Waals surface area contributed by atoms with Crippen molar-refractivity contribution < 1.29 is 24.6 Å². The molecule has 25 heavy (non-hydrogen) atoms. The van der Waals surface area contributed by atoms with Crippen LogP contribution in [0.1, 0.15) is 33.3 Å². The number of benzene rings is 1. The van der Waals surface area contributed by atoms with Crippen LogP contribution in [0.5, 0.6) is 5.75 Å². The van der Waals surface area contributed by atoms with Crippen LogP contribution in [0.25, 0.3) is 0 Å². The third-order valence-corrected chi connectivity index (χ3v) is 4.03. The second-order valence-electron chi connectivity index (χ2n) is 6.53. The maximum absolute atomic E-state index is 12.5. The molecule has 0 aromatic heterocycles. The molecule has 0 bridgehead atoms. The number of aromatic hydroxyl groups is 1. The zero-order chi connectivity index (χ0) is 19.1. The Hall–Kier alpha value is -2.57. The van der Waals surface area contributed by atoms with Gasteiger partial charge in [-0.2, -0.15) is 0 Å². The van der Waals surface area contributed by atoms with Crippen molar-refractivity contribution in [1.82, 2.24) is 10.6 Å². The van der Waals surface area contributed by atoms with E-state index in [0.29, 0.717) is 5.56 Å². The molecule has 0 aliphatic heterocycles. The van der Waals surface area contributed by atoms with Gasteiger partial charge in [-0.25, -0.2) is 4.79 Å². The van der Waals surface area contributed by atoms with Gasteiger partial charge >= 0.3 is 5.97 Å². The summed E-state index contributed by atoms with van der Waals surface area (Å²) < 4.78 is 0. The average Bonchev–Trinajstić information content (AvgIpc) is 2.52. The van der Waals surface area contributed by atoms with E-state index in [-0.39, 0.29) is 30.0 Å². The Morgan fingerprint density at radius 3 is 2.04 bits per heavy atom. The number of phenols is 1. The summed E-state index contributed by atoms with van der Waals surface area (Å²) in [6, 6.07) is 4.66. The molecule has 0 saturated carbocycles. The van der Waals surface area contributed by atoms with E-state index < -0.39 is 23.8 Å². The Morgan fingerprint density at radius 1 is 1.04 bits per heavy atom. The molecule has 138 valence electrons. The van der Waals surface area contributed by atoms with Gasteiger partial charge in [0.2, 0.25) is 11.8 Å². The molecule has 1 aromatic rings. The summed E-state index contributed by atoms with van der Waals surface area (Å²) in [6.07, 6.45) is 0.0978. The van der Waals surface area contributed by atoms with Crippen molar-refractivity contribution >= 4 is 17.8 Å². The fourth-order valence-electron chi connectivity index (χ4n) is 2.64. The molecule has 0 heterocycles. The number of carboxylic acids is 1. The molecule has 0 unspecified atom stereocenters. The van der Waals surface area contributed by atoms with Crippen LogP contribution in [0, 0.1) is 11.8 Å². The van der Waals surface area contributed by atoms with Gasteiger partial charge in [-0.3, -0.25) is 9.59 Å². The molecule has 1 aromatic carbocycles. The Bertz CT molecular complexity index is 612. The minimum Gasteiger partial charge on any atom is -0.508 e. The molecule has 7 nitrogen and oxygen atoms in total. The van der Waals surface area contributed by atoms with Gasteiger partial charge < -0.3 is 20.8 Å². The number of hydrogen-bond acceptors (Lipinski definition) is 4. The lowest BCUT2D eigenvalue weighted by molar-refractivity contribution is -0.142. The van der Waals surface area contributed by atoms with Crippen molar-refractivity contribution in [2.75, 3.05) is 0 Å². The summed E-state index contributed by atoms with van der Waals surface area (Å²) in [4.78, 5) is 35.3. The number of carbonyl (C=O) groups excluding carboxylic acids is 2. The fraction of sp³-hybridized carbons (Fsp3) is 0.500. The summed E-state index contributed by atoms with van der Waals surface area (Å²) >= 11 is 0. The van der Waals surface area contributed by atoms with Crippen LogP contribution in [0.4, 0.5) is 0 Å². The second-order valence-corrected chi connectivity index (χ2v) is 6.53. The number of rotatable bonds is 8. The number of phenolic OH excluding ortho intramolecular Hbond substituents is 1. The van der Waals surface area contributed by atoms with Gasteiger partial charge in [-0.15, -0.1) is 0 Å². The molecule has 0 aliphatic rings. The first kappa shape index (κ1) is 20.5. The third-order valence-electron chi connectivity index (χ3n) is 4.03. The Labute approximate surface area is 147 Å². The fourth-order valence-corrected chi connectivity index (χ4v) is 2.64. The Morgan fingerprint density at radius 2 is 1.60 bits per heavy atom. The van der Waals surface area contributed by atoms with Crippen LogP contribution in [-0.2, 0) is 20.8 Å². The molecule has 1 rings (SSSR count). The van der Waals surface area contributed by atoms with Crippen LogP contribution in [0.3, 0.4) is 0 Å². The van der Waals surface area contributed by atoms with Crippen LogP contribution in [0.15, 0.2) is 24.3 Å². The highest BCUT2D eigenvalue weighted by molar-refractivity contribution is 5.86. The zero-order valence-corrected chi connectivity index (χ0v) is 14.9. The first-order valence-corrected chi connectivity index (χ1v) is 8.20. The summed E-state index contributed by atoms with van der Waals surface area (Å²) in [5, 5.41) is 23.9. The van der Waals surface area contributed by atoms with E-state index in [2.05, 4.69) is 10.6 Å². The zero-order valence-electron chi connectivity index (χ0n) is 14.9. The quantitative estimate of drug-likeness (QED) is 0.564. The third kappa shape index (κ3) is 6.45. The SMILES string of the molecule is CC(=O)N[C@@H](C(C)C)[C@H](C)C(=O)N[C@@H](Cc1ccc(O)cc1)C(=O)O. The van der Waals surface area contributed by atoms with E-state index in [1.807, 2.05) is 13.8 Å². The highest BCUT2D eigenvalue weighted by Crippen LogP contribution is 2.15. The first-order chi connectivity index (χ1) is 11.6. The maximum Gasteiger partial charge on any atom is 0.326 e. The molecule has 0 radical (unpaired) electrons. The number of amides is 2. The summed E-state index contributed by atoms with van der Waals surface area (Å²) in [6.45, 7) is 6.81. The predicted octanol–water partition coefficient (Wildman–Crippen LogP) is 1.30. The van der Waals surface area contributed by atoms with Crippen molar-refractivity contribution in [2.45, 2.75) is 46.2 Å². The molecule has 3 atom stereocenters. The number of aliphatic carboxylic acids is 1. The first-order valence-electron chi connectivity index (χ1n) is 8.20. The highest BCUT2D eigenvalue weighted by atomic mass is 16.4. The number of nitrogens with one attached hydrogen (secondary N) is 2. The van der Waals surface area contributed by atoms with Crippen LogP contribution < -0.4 is 10.6 Å². The Kier molecular flexibility index (Phi) is 7.42. The summed E-state index contributed by atoms with van der Waals surface area (Å²) in [5.41, 5.74) is 0.681. The minimum atomic E-state index is -1.14. The van der Waals surface area contributed by atoms with Gasteiger partial charge in [0.25, 0.3) is 0 Å². The normalized spacial score (nSPS) is 14.4.